The molecule has 2 heterocycles. The third kappa shape index (κ3) is 3.77. The van der Waals surface area contributed by atoms with Crippen LogP contribution in [0.2, 0.25) is 0 Å². The monoisotopic (exact) mass is 397 g/mol. The first kappa shape index (κ1) is 19.9. The van der Waals surface area contributed by atoms with E-state index in [9.17, 15) is 36.2 Å². The number of aliphatic hydroxyl groups is 1. The van der Waals surface area contributed by atoms with E-state index < -0.39 is 40.4 Å². The number of rotatable bonds is 2. The van der Waals surface area contributed by atoms with Gasteiger partial charge in [-0.2, -0.15) is 26.3 Å². The summed E-state index contributed by atoms with van der Waals surface area (Å²) in [6.07, 6.45) is -9.48. The molecule has 1 aromatic rings. The number of alkyl halides is 6. The molecule has 2 aliphatic heterocycles. The molecule has 2 saturated heterocycles. The van der Waals surface area contributed by atoms with Crippen LogP contribution in [0, 0.1) is 11.3 Å². The summed E-state index contributed by atoms with van der Waals surface area (Å²) in [6.45, 7) is 0.507. The number of likely N-dealkylation sites (tertiary alicyclic amines) is 1. The number of aliphatic hydroxyl groups excluding tert-OH is 1. The first-order chi connectivity index (χ1) is 12.5. The largest absolute Gasteiger partial charge is 0.416 e. The van der Waals surface area contributed by atoms with Gasteiger partial charge in [-0.3, -0.25) is 4.79 Å². The third-order valence-corrected chi connectivity index (χ3v) is 5.25. The molecule has 4 nitrogen and oxygen atoms in total. The van der Waals surface area contributed by atoms with Gasteiger partial charge in [0.25, 0.3) is 5.91 Å². The summed E-state index contributed by atoms with van der Waals surface area (Å²) in [5.74, 6) is -1.04. The summed E-state index contributed by atoms with van der Waals surface area (Å²) in [5.41, 5.74) is -4.47. The summed E-state index contributed by atoms with van der Waals surface area (Å²) in [5, 5.41) is 9.71. The summed E-state index contributed by atoms with van der Waals surface area (Å²) < 4.78 is 83.3. The van der Waals surface area contributed by atoms with E-state index >= 15 is 0 Å². The Kier molecular flexibility index (Phi) is 4.92. The molecule has 0 saturated carbocycles. The number of hydrogen-bond acceptors (Lipinski definition) is 3. The molecule has 2 fully saturated rings. The van der Waals surface area contributed by atoms with Gasteiger partial charge in [0.1, 0.15) is 0 Å². The van der Waals surface area contributed by atoms with Crippen molar-refractivity contribution in [1.82, 2.24) is 4.90 Å². The van der Waals surface area contributed by atoms with Crippen molar-refractivity contribution in [1.29, 1.82) is 0 Å². The van der Waals surface area contributed by atoms with E-state index in [-0.39, 0.29) is 38.3 Å². The van der Waals surface area contributed by atoms with Crippen LogP contribution < -0.4 is 0 Å². The third-order valence-electron chi connectivity index (χ3n) is 5.25. The lowest BCUT2D eigenvalue weighted by Gasteiger charge is -2.36. The van der Waals surface area contributed by atoms with Crippen LogP contribution in [-0.2, 0) is 17.1 Å². The molecular weight excluding hydrogens is 380 g/mol. The van der Waals surface area contributed by atoms with Gasteiger partial charge in [-0.05, 0) is 30.5 Å². The van der Waals surface area contributed by atoms with E-state index in [2.05, 4.69) is 0 Å². The molecule has 0 unspecified atom stereocenters. The second-order valence-electron chi connectivity index (χ2n) is 7.04. The lowest BCUT2D eigenvalue weighted by Crippen LogP contribution is -2.43. The van der Waals surface area contributed by atoms with Crippen molar-refractivity contribution in [3.63, 3.8) is 0 Å². The van der Waals surface area contributed by atoms with E-state index in [1.54, 1.807) is 0 Å². The van der Waals surface area contributed by atoms with Crippen molar-refractivity contribution in [2.24, 2.45) is 11.3 Å². The van der Waals surface area contributed by atoms with E-state index in [1.165, 1.54) is 4.90 Å². The highest BCUT2D eigenvalue weighted by atomic mass is 19.4. The average Bonchev–Trinajstić information content (AvgIpc) is 2.99. The maximum absolute atomic E-state index is 13.0. The molecule has 2 aliphatic rings. The number of carbonyl (C=O) groups is 1. The normalized spacial score (nSPS) is 26.2. The summed E-state index contributed by atoms with van der Waals surface area (Å²) in [7, 11) is 0. The zero-order valence-electron chi connectivity index (χ0n) is 14.0. The highest BCUT2D eigenvalue weighted by molar-refractivity contribution is 5.95. The highest BCUT2D eigenvalue weighted by Gasteiger charge is 2.49. The number of nitrogens with zero attached hydrogens (tertiary/aromatic N) is 1. The van der Waals surface area contributed by atoms with Crippen molar-refractivity contribution in [3.05, 3.63) is 34.9 Å². The molecule has 0 spiro atoms. The molecule has 27 heavy (non-hydrogen) atoms. The smallest absolute Gasteiger partial charge is 0.396 e. The predicted molar refractivity (Wildman–Crippen MR) is 80.8 cm³/mol. The molecule has 2 atom stereocenters. The van der Waals surface area contributed by atoms with E-state index in [4.69, 9.17) is 4.74 Å². The molecule has 1 aromatic carbocycles. The van der Waals surface area contributed by atoms with Crippen molar-refractivity contribution >= 4 is 5.91 Å². The van der Waals surface area contributed by atoms with Crippen LogP contribution in [0.5, 0.6) is 0 Å². The number of benzene rings is 1. The zero-order valence-corrected chi connectivity index (χ0v) is 14.0. The first-order valence-electron chi connectivity index (χ1n) is 8.24. The zero-order chi connectivity index (χ0) is 20.0. The lowest BCUT2D eigenvalue weighted by atomic mass is 9.76. The number of carbonyl (C=O) groups excluding carboxylic acids is 1. The van der Waals surface area contributed by atoms with E-state index in [0.717, 1.165) is 0 Å². The standard InChI is InChI=1S/C17H17F6NO3/c18-16(19,20)12-3-10(4-13(5-12)17(21,22)23)14(26)24-6-11-1-2-27-9-15(11,7-24)8-25/h3-5,11,25H,1-2,6-9H2/t11-,15+/m0/s1. The van der Waals surface area contributed by atoms with Gasteiger partial charge < -0.3 is 14.7 Å². The minimum Gasteiger partial charge on any atom is -0.396 e. The van der Waals surface area contributed by atoms with E-state index in [0.29, 0.717) is 25.2 Å². The maximum Gasteiger partial charge on any atom is 0.416 e. The molecular formula is C17H17F6NO3. The molecule has 0 bridgehead atoms. The maximum atomic E-state index is 13.0. The Morgan fingerprint density at radius 1 is 1.15 bits per heavy atom. The molecule has 0 aliphatic carbocycles. The lowest BCUT2D eigenvalue weighted by molar-refractivity contribution is -0.143. The molecule has 0 aromatic heterocycles. The van der Waals surface area contributed by atoms with Crippen LogP contribution in [0.4, 0.5) is 26.3 Å². The Balaban J connectivity index is 1.95. The Morgan fingerprint density at radius 2 is 1.74 bits per heavy atom. The second kappa shape index (κ2) is 6.66. The summed E-state index contributed by atoms with van der Waals surface area (Å²) in [4.78, 5) is 13.9. The number of halogens is 6. The SMILES string of the molecule is O=C(c1cc(C(F)(F)F)cc(C(F)(F)F)c1)N1C[C@@H]2CCOC[C@]2(CO)C1. The van der Waals surface area contributed by atoms with Crippen molar-refractivity contribution in [2.75, 3.05) is 32.9 Å². The van der Waals surface area contributed by atoms with Crippen molar-refractivity contribution < 1.29 is 41.0 Å². The molecule has 150 valence electrons. The number of amides is 1. The van der Waals surface area contributed by atoms with Gasteiger partial charge in [0, 0.05) is 30.7 Å². The van der Waals surface area contributed by atoms with Gasteiger partial charge in [0.05, 0.1) is 24.3 Å². The van der Waals surface area contributed by atoms with Gasteiger partial charge >= 0.3 is 12.4 Å². The molecule has 10 heteroatoms. The fourth-order valence-electron chi connectivity index (χ4n) is 3.74. The Morgan fingerprint density at radius 3 is 2.22 bits per heavy atom. The number of ether oxygens (including phenoxy) is 1. The van der Waals surface area contributed by atoms with Crippen LogP contribution in [-0.4, -0.2) is 48.8 Å². The summed E-state index contributed by atoms with van der Waals surface area (Å²) in [6, 6.07) is 0.854. The fourth-order valence-corrected chi connectivity index (χ4v) is 3.74. The van der Waals surface area contributed by atoms with Gasteiger partial charge in [-0.25, -0.2) is 0 Å². The minimum absolute atomic E-state index is 0.0103. The molecule has 1 amide bonds. The van der Waals surface area contributed by atoms with Crippen LogP contribution in [0.15, 0.2) is 18.2 Å². The van der Waals surface area contributed by atoms with Crippen molar-refractivity contribution in [3.8, 4) is 0 Å². The molecule has 0 radical (unpaired) electrons. The van der Waals surface area contributed by atoms with Gasteiger partial charge in [-0.15, -0.1) is 0 Å². The van der Waals surface area contributed by atoms with Gasteiger partial charge in [0.2, 0.25) is 0 Å². The average molecular weight is 397 g/mol. The van der Waals surface area contributed by atoms with Crippen LogP contribution in [0.25, 0.3) is 0 Å². The van der Waals surface area contributed by atoms with Crippen LogP contribution in [0.1, 0.15) is 27.9 Å². The first-order valence-corrected chi connectivity index (χ1v) is 8.24. The summed E-state index contributed by atoms with van der Waals surface area (Å²) >= 11 is 0. The van der Waals surface area contributed by atoms with E-state index in [1.807, 2.05) is 0 Å². The molecule has 3 rings (SSSR count). The predicted octanol–water partition coefficient (Wildman–Crippen LogP) is 3.20. The quantitative estimate of drug-likeness (QED) is 0.780. The minimum atomic E-state index is -5.02. The highest BCUT2D eigenvalue weighted by Crippen LogP contribution is 2.42. The molecule has 1 N–H and O–H groups in total. The number of hydrogen-bond donors (Lipinski definition) is 1. The fraction of sp³-hybridized carbons (Fsp3) is 0.588. The van der Waals surface area contributed by atoms with Gasteiger partial charge in [-0.1, -0.05) is 0 Å². The van der Waals surface area contributed by atoms with Gasteiger partial charge in [0.15, 0.2) is 0 Å². The Labute approximate surface area is 150 Å². The van der Waals surface area contributed by atoms with Crippen LogP contribution >= 0.6 is 0 Å². The second-order valence-corrected chi connectivity index (χ2v) is 7.04. The topological polar surface area (TPSA) is 49.8 Å². The Hall–Kier alpha value is -1.81. The van der Waals surface area contributed by atoms with Crippen LogP contribution in [0.3, 0.4) is 0 Å². The number of fused-ring (bicyclic) bond motifs is 1. The van der Waals surface area contributed by atoms with Crippen molar-refractivity contribution in [2.45, 2.75) is 18.8 Å². The Bertz CT molecular complexity index is 700.